The third kappa shape index (κ3) is 10.3. The highest BCUT2D eigenvalue weighted by molar-refractivity contribution is 14.0. The molecule has 1 fully saturated rings. The highest BCUT2D eigenvalue weighted by atomic mass is 127. The molecule has 2 N–H and O–H groups in total. The third-order valence-electron chi connectivity index (χ3n) is 4.70. The van der Waals surface area contributed by atoms with Gasteiger partial charge >= 0.3 is 5.97 Å². The Morgan fingerprint density at radius 2 is 1.90 bits per heavy atom. The van der Waals surface area contributed by atoms with Crippen molar-refractivity contribution in [2.24, 2.45) is 4.99 Å². The van der Waals surface area contributed by atoms with E-state index in [4.69, 9.17) is 9.73 Å². The summed E-state index contributed by atoms with van der Waals surface area (Å²) >= 11 is 0. The first-order valence-electron chi connectivity index (χ1n) is 10.2. The highest BCUT2D eigenvalue weighted by Gasteiger charge is 2.12. The fourth-order valence-electron chi connectivity index (χ4n) is 3.08. The Balaban J connectivity index is 0.00000420. The van der Waals surface area contributed by atoms with Crippen LogP contribution in [0.15, 0.2) is 29.3 Å². The highest BCUT2D eigenvalue weighted by Crippen LogP contribution is 2.14. The fraction of sp³-hybridized carbons (Fsp3) is 0.619. The molecule has 0 bridgehead atoms. The molecule has 29 heavy (non-hydrogen) atoms. The Bertz CT molecular complexity index is 622. The number of morpholine rings is 1. The van der Waals surface area contributed by atoms with Crippen LogP contribution in [0.25, 0.3) is 0 Å². The summed E-state index contributed by atoms with van der Waals surface area (Å²) in [6.07, 6.45) is 2.16. The van der Waals surface area contributed by atoms with Crippen molar-refractivity contribution in [2.75, 3.05) is 46.5 Å². The molecule has 0 aromatic heterocycles. The summed E-state index contributed by atoms with van der Waals surface area (Å²) in [7, 11) is 1.42. The van der Waals surface area contributed by atoms with E-state index in [1.165, 1.54) is 18.2 Å². The Labute approximate surface area is 191 Å². The van der Waals surface area contributed by atoms with E-state index in [1.807, 2.05) is 0 Å². The second-order valence-electron chi connectivity index (χ2n) is 6.81. The maximum Gasteiger partial charge on any atom is 0.305 e. The molecule has 7 nitrogen and oxygen atoms in total. The zero-order valence-corrected chi connectivity index (χ0v) is 19.9. The Morgan fingerprint density at radius 1 is 1.17 bits per heavy atom. The molecular weight excluding hydrogens is 483 g/mol. The minimum Gasteiger partial charge on any atom is -0.469 e. The lowest BCUT2D eigenvalue weighted by Gasteiger charge is -2.27. The summed E-state index contributed by atoms with van der Waals surface area (Å²) in [5, 5.41) is 6.63. The van der Waals surface area contributed by atoms with E-state index in [1.54, 1.807) is 0 Å². The number of halogens is 1. The van der Waals surface area contributed by atoms with Gasteiger partial charge < -0.3 is 20.1 Å². The number of hydrogen-bond acceptors (Lipinski definition) is 5. The second-order valence-corrected chi connectivity index (χ2v) is 6.81. The first-order valence-corrected chi connectivity index (χ1v) is 10.2. The lowest BCUT2D eigenvalue weighted by atomic mass is 10.1. The van der Waals surface area contributed by atoms with Gasteiger partial charge in [-0.2, -0.15) is 0 Å². The minimum absolute atomic E-state index is 0. The van der Waals surface area contributed by atoms with Crippen molar-refractivity contribution in [3.63, 3.8) is 0 Å². The number of ether oxygens (including phenoxy) is 2. The molecule has 1 aliphatic rings. The molecule has 1 aliphatic heterocycles. The van der Waals surface area contributed by atoms with Crippen LogP contribution in [-0.4, -0.2) is 63.3 Å². The number of unbranched alkanes of at least 4 members (excludes halogenated alkanes) is 1. The van der Waals surface area contributed by atoms with E-state index >= 15 is 0 Å². The molecule has 1 saturated heterocycles. The predicted octanol–water partition coefficient (Wildman–Crippen LogP) is 2.54. The number of benzene rings is 1. The van der Waals surface area contributed by atoms with Crippen LogP contribution in [0.2, 0.25) is 0 Å². The lowest BCUT2D eigenvalue weighted by molar-refractivity contribution is -0.140. The van der Waals surface area contributed by atoms with Crippen molar-refractivity contribution in [2.45, 2.75) is 39.3 Å². The average molecular weight is 518 g/mol. The number of aliphatic imine (C=N–C) groups is 1. The van der Waals surface area contributed by atoms with Crippen LogP contribution < -0.4 is 10.6 Å². The molecule has 1 aromatic carbocycles. The quantitative estimate of drug-likeness (QED) is 0.163. The van der Waals surface area contributed by atoms with E-state index in [9.17, 15) is 4.79 Å². The molecule has 164 valence electrons. The molecule has 8 heteroatoms. The number of carbonyl (C=O) groups is 1. The lowest BCUT2D eigenvalue weighted by Crippen LogP contribution is -2.38. The summed E-state index contributed by atoms with van der Waals surface area (Å²) in [6.45, 7) is 8.80. The van der Waals surface area contributed by atoms with E-state index < -0.39 is 0 Å². The van der Waals surface area contributed by atoms with Gasteiger partial charge in [0.15, 0.2) is 5.96 Å². The summed E-state index contributed by atoms with van der Waals surface area (Å²) < 4.78 is 10.1. The molecule has 0 spiro atoms. The van der Waals surface area contributed by atoms with E-state index in [0.29, 0.717) is 13.0 Å². The number of esters is 1. The van der Waals surface area contributed by atoms with Gasteiger partial charge in [0.05, 0.1) is 26.9 Å². The molecule has 0 atom stereocenters. The summed E-state index contributed by atoms with van der Waals surface area (Å²) in [5.74, 6) is 0.652. The number of methoxy groups -OCH3 is 1. The molecule has 0 radical (unpaired) electrons. The maximum absolute atomic E-state index is 11.2. The van der Waals surface area contributed by atoms with E-state index in [0.717, 1.165) is 64.7 Å². The van der Waals surface area contributed by atoms with Gasteiger partial charge in [0.1, 0.15) is 0 Å². The van der Waals surface area contributed by atoms with Crippen LogP contribution in [0.5, 0.6) is 0 Å². The number of guanidine groups is 1. The number of rotatable bonds is 10. The zero-order chi connectivity index (χ0) is 20.0. The standard InChI is InChI=1S/C21H34N4O3.HI/c1-3-22-21(23-11-7-6-10-20(26)27-2)24-16-18-8-4-5-9-19(18)17-25-12-14-28-15-13-25;/h4-5,8-9H,3,6-7,10-17H2,1-2H3,(H2,22,23,24);1H. The van der Waals surface area contributed by atoms with Crippen molar-refractivity contribution in [1.82, 2.24) is 15.5 Å². The smallest absolute Gasteiger partial charge is 0.305 e. The topological polar surface area (TPSA) is 75.2 Å². The number of hydrogen-bond donors (Lipinski definition) is 2. The van der Waals surface area contributed by atoms with Crippen LogP contribution in [0.4, 0.5) is 0 Å². The van der Waals surface area contributed by atoms with Gasteiger partial charge in [0, 0.05) is 39.1 Å². The third-order valence-corrected chi connectivity index (χ3v) is 4.70. The largest absolute Gasteiger partial charge is 0.469 e. The zero-order valence-electron chi connectivity index (χ0n) is 17.6. The van der Waals surface area contributed by atoms with Crippen molar-refractivity contribution in [3.05, 3.63) is 35.4 Å². The number of carbonyl (C=O) groups excluding carboxylic acids is 1. The van der Waals surface area contributed by atoms with Gasteiger partial charge in [-0.3, -0.25) is 9.69 Å². The van der Waals surface area contributed by atoms with Gasteiger partial charge in [0.25, 0.3) is 0 Å². The van der Waals surface area contributed by atoms with E-state index in [-0.39, 0.29) is 29.9 Å². The van der Waals surface area contributed by atoms with Gasteiger partial charge in [0.2, 0.25) is 0 Å². The van der Waals surface area contributed by atoms with Crippen molar-refractivity contribution >= 4 is 35.9 Å². The van der Waals surface area contributed by atoms with Crippen LogP contribution >= 0.6 is 24.0 Å². The van der Waals surface area contributed by atoms with Crippen molar-refractivity contribution in [3.8, 4) is 0 Å². The fourth-order valence-corrected chi connectivity index (χ4v) is 3.08. The summed E-state index contributed by atoms with van der Waals surface area (Å²) in [5.41, 5.74) is 2.57. The molecule has 2 rings (SSSR count). The summed E-state index contributed by atoms with van der Waals surface area (Å²) in [6, 6.07) is 8.50. The first kappa shape index (κ1) is 25.6. The number of nitrogens with one attached hydrogen (secondary N) is 2. The van der Waals surface area contributed by atoms with Crippen LogP contribution in [0.1, 0.15) is 37.3 Å². The predicted molar refractivity (Wildman–Crippen MR) is 127 cm³/mol. The van der Waals surface area contributed by atoms with Gasteiger partial charge in [-0.25, -0.2) is 4.99 Å². The van der Waals surface area contributed by atoms with Gasteiger partial charge in [-0.05, 0) is 30.9 Å². The van der Waals surface area contributed by atoms with E-state index in [2.05, 4.69) is 51.5 Å². The van der Waals surface area contributed by atoms with Crippen molar-refractivity contribution < 1.29 is 14.3 Å². The second kappa shape index (κ2) is 15.4. The number of nitrogens with zero attached hydrogens (tertiary/aromatic N) is 2. The molecule has 1 heterocycles. The maximum atomic E-state index is 11.2. The monoisotopic (exact) mass is 518 g/mol. The first-order chi connectivity index (χ1) is 13.7. The Morgan fingerprint density at radius 3 is 2.59 bits per heavy atom. The normalized spacial score (nSPS) is 14.8. The van der Waals surface area contributed by atoms with Gasteiger partial charge in [-0.1, -0.05) is 24.3 Å². The van der Waals surface area contributed by atoms with Crippen molar-refractivity contribution in [1.29, 1.82) is 0 Å². The summed E-state index contributed by atoms with van der Waals surface area (Å²) in [4.78, 5) is 18.3. The minimum atomic E-state index is -0.155. The van der Waals surface area contributed by atoms with Crippen LogP contribution in [0.3, 0.4) is 0 Å². The van der Waals surface area contributed by atoms with Gasteiger partial charge in [-0.15, -0.1) is 24.0 Å². The van der Waals surface area contributed by atoms with Crippen LogP contribution in [-0.2, 0) is 27.4 Å². The molecular formula is C21H35IN4O3. The SMILES string of the molecule is CCNC(=NCc1ccccc1CN1CCOCC1)NCCCCC(=O)OC.I. The van der Waals surface area contributed by atoms with Crippen LogP contribution in [0, 0.1) is 0 Å². The Kier molecular flexibility index (Phi) is 13.7. The molecule has 0 amide bonds. The molecule has 0 aliphatic carbocycles. The Hall–Kier alpha value is -1.39. The molecule has 1 aromatic rings. The molecule has 0 saturated carbocycles. The molecule has 0 unspecified atom stereocenters. The average Bonchev–Trinajstić information content (AvgIpc) is 2.73.